The molecule has 3 rings (SSSR count). The molecule has 2 aromatic rings. The van der Waals surface area contributed by atoms with Crippen molar-refractivity contribution in [2.75, 3.05) is 0 Å². The standard InChI is InChI=1S/C22H23NO2/c1-22(2,3)25-21(24)23-19(17-11-6-4-7-12-17)15-10-16-20(23)18-13-8-5-9-14-18/h4-9,11-16H,10H2,1-3H3. The fraction of sp³-hybridized carbons (Fsp3) is 0.227. The zero-order valence-electron chi connectivity index (χ0n) is 14.9. The van der Waals surface area contributed by atoms with Gasteiger partial charge in [-0.05, 0) is 38.3 Å². The van der Waals surface area contributed by atoms with Crippen molar-refractivity contribution in [3.63, 3.8) is 0 Å². The van der Waals surface area contributed by atoms with Gasteiger partial charge in [-0.15, -0.1) is 0 Å². The lowest BCUT2D eigenvalue weighted by molar-refractivity contribution is 0.0425. The molecule has 0 spiro atoms. The number of hydrogen-bond donors (Lipinski definition) is 0. The minimum absolute atomic E-state index is 0.364. The molecule has 3 heteroatoms. The fourth-order valence-corrected chi connectivity index (χ4v) is 2.81. The largest absolute Gasteiger partial charge is 0.443 e. The van der Waals surface area contributed by atoms with Crippen molar-refractivity contribution in [3.8, 4) is 0 Å². The van der Waals surface area contributed by atoms with Gasteiger partial charge in [0.1, 0.15) is 5.60 Å². The Kier molecular flexibility index (Phi) is 4.75. The van der Waals surface area contributed by atoms with Gasteiger partial charge in [0.2, 0.25) is 0 Å². The van der Waals surface area contributed by atoms with Crippen LogP contribution < -0.4 is 0 Å². The summed E-state index contributed by atoms with van der Waals surface area (Å²) in [6.07, 6.45) is 4.53. The van der Waals surface area contributed by atoms with Gasteiger partial charge in [-0.2, -0.15) is 0 Å². The summed E-state index contributed by atoms with van der Waals surface area (Å²) in [5.41, 5.74) is 3.15. The molecule has 0 atom stereocenters. The highest BCUT2D eigenvalue weighted by molar-refractivity contribution is 5.94. The summed E-state index contributed by atoms with van der Waals surface area (Å²) < 4.78 is 5.69. The Balaban J connectivity index is 2.04. The predicted octanol–water partition coefficient (Wildman–Crippen LogP) is 5.71. The molecule has 1 heterocycles. The van der Waals surface area contributed by atoms with E-state index in [0.717, 1.165) is 28.9 Å². The molecule has 0 fully saturated rings. The van der Waals surface area contributed by atoms with Crippen LogP contribution in [-0.4, -0.2) is 16.6 Å². The van der Waals surface area contributed by atoms with E-state index < -0.39 is 5.60 Å². The Morgan fingerprint density at radius 1 is 0.840 bits per heavy atom. The van der Waals surface area contributed by atoms with Crippen molar-refractivity contribution in [1.29, 1.82) is 0 Å². The number of hydrogen-bond acceptors (Lipinski definition) is 2. The molecule has 128 valence electrons. The Morgan fingerprint density at radius 2 is 1.28 bits per heavy atom. The van der Waals surface area contributed by atoms with Gasteiger partial charge < -0.3 is 4.74 Å². The number of amides is 1. The third-order valence-electron chi connectivity index (χ3n) is 3.82. The molecule has 1 aliphatic heterocycles. The molecule has 0 saturated carbocycles. The summed E-state index contributed by atoms with van der Waals surface area (Å²) in [5, 5.41) is 0. The summed E-state index contributed by atoms with van der Waals surface area (Å²) in [6.45, 7) is 5.64. The van der Waals surface area contributed by atoms with Gasteiger partial charge in [0.05, 0.1) is 11.4 Å². The summed E-state index contributed by atoms with van der Waals surface area (Å²) in [6, 6.07) is 19.9. The van der Waals surface area contributed by atoms with E-state index in [-0.39, 0.29) is 6.09 Å². The molecule has 0 N–H and O–H groups in total. The zero-order valence-corrected chi connectivity index (χ0v) is 14.9. The second kappa shape index (κ2) is 6.98. The minimum atomic E-state index is -0.557. The SMILES string of the molecule is CC(C)(C)OC(=O)N1C(c2ccccc2)=CCC=C1c1ccccc1. The lowest BCUT2D eigenvalue weighted by Gasteiger charge is -2.33. The van der Waals surface area contributed by atoms with Crippen molar-refractivity contribution >= 4 is 17.5 Å². The van der Waals surface area contributed by atoms with Crippen molar-refractivity contribution in [3.05, 3.63) is 83.9 Å². The first-order valence-corrected chi connectivity index (χ1v) is 8.50. The number of ether oxygens (including phenoxy) is 1. The van der Waals surface area contributed by atoms with Crippen LogP contribution in [0.15, 0.2) is 72.8 Å². The van der Waals surface area contributed by atoms with Crippen LogP contribution in [0.1, 0.15) is 38.3 Å². The second-order valence-electron chi connectivity index (χ2n) is 6.96. The average Bonchev–Trinajstić information content (AvgIpc) is 2.61. The molecule has 0 aromatic heterocycles. The highest BCUT2D eigenvalue weighted by Gasteiger charge is 2.30. The summed E-state index contributed by atoms with van der Waals surface area (Å²) >= 11 is 0. The molecule has 0 radical (unpaired) electrons. The lowest BCUT2D eigenvalue weighted by atomic mass is 10.0. The number of nitrogens with zero attached hydrogens (tertiary/aromatic N) is 1. The quantitative estimate of drug-likeness (QED) is 0.704. The van der Waals surface area contributed by atoms with Crippen LogP contribution in [0.25, 0.3) is 11.4 Å². The van der Waals surface area contributed by atoms with E-state index >= 15 is 0 Å². The van der Waals surface area contributed by atoms with E-state index in [2.05, 4.69) is 12.2 Å². The third-order valence-corrected chi connectivity index (χ3v) is 3.82. The first-order chi connectivity index (χ1) is 12.0. The molecule has 1 aliphatic rings. The van der Waals surface area contributed by atoms with Crippen molar-refractivity contribution in [2.45, 2.75) is 32.8 Å². The van der Waals surface area contributed by atoms with Crippen molar-refractivity contribution < 1.29 is 9.53 Å². The molecular weight excluding hydrogens is 310 g/mol. The number of carbonyl (C=O) groups excluding carboxylic acids is 1. The van der Waals surface area contributed by atoms with E-state index in [1.165, 1.54) is 0 Å². The van der Waals surface area contributed by atoms with E-state index in [4.69, 9.17) is 4.74 Å². The maximum absolute atomic E-state index is 13.0. The van der Waals surface area contributed by atoms with Crippen LogP contribution in [-0.2, 0) is 4.74 Å². The van der Waals surface area contributed by atoms with Gasteiger partial charge in [0.25, 0.3) is 0 Å². The van der Waals surface area contributed by atoms with E-state index in [9.17, 15) is 4.79 Å². The first kappa shape index (κ1) is 17.0. The number of carbonyl (C=O) groups is 1. The molecule has 0 saturated heterocycles. The number of allylic oxidation sites excluding steroid dienone is 2. The Morgan fingerprint density at radius 3 is 1.68 bits per heavy atom. The van der Waals surface area contributed by atoms with Crippen LogP contribution in [0.5, 0.6) is 0 Å². The van der Waals surface area contributed by atoms with Gasteiger partial charge in [0, 0.05) is 0 Å². The Hall–Kier alpha value is -2.81. The Bertz CT molecular complexity index is 743. The topological polar surface area (TPSA) is 29.5 Å². The van der Waals surface area contributed by atoms with Gasteiger partial charge in [-0.1, -0.05) is 72.8 Å². The summed E-state index contributed by atoms with van der Waals surface area (Å²) in [4.78, 5) is 14.7. The number of rotatable bonds is 2. The monoisotopic (exact) mass is 333 g/mol. The minimum Gasteiger partial charge on any atom is -0.443 e. The van der Waals surface area contributed by atoms with Gasteiger partial charge in [-0.3, -0.25) is 0 Å². The lowest BCUT2D eigenvalue weighted by Crippen LogP contribution is -2.35. The van der Waals surface area contributed by atoms with Gasteiger partial charge in [-0.25, -0.2) is 9.69 Å². The van der Waals surface area contributed by atoms with Gasteiger partial charge in [0.15, 0.2) is 0 Å². The van der Waals surface area contributed by atoms with Crippen LogP contribution >= 0.6 is 0 Å². The van der Waals surface area contributed by atoms with Crippen LogP contribution in [0.3, 0.4) is 0 Å². The van der Waals surface area contributed by atoms with Gasteiger partial charge >= 0.3 is 6.09 Å². The smallest absolute Gasteiger partial charge is 0.419 e. The molecule has 2 aromatic carbocycles. The average molecular weight is 333 g/mol. The summed E-state index contributed by atoms with van der Waals surface area (Å²) in [7, 11) is 0. The molecule has 1 amide bonds. The zero-order chi connectivity index (χ0) is 17.9. The fourth-order valence-electron chi connectivity index (χ4n) is 2.81. The molecule has 3 nitrogen and oxygen atoms in total. The number of benzene rings is 2. The van der Waals surface area contributed by atoms with Crippen molar-refractivity contribution in [1.82, 2.24) is 4.90 Å². The van der Waals surface area contributed by atoms with E-state index in [0.29, 0.717) is 0 Å². The van der Waals surface area contributed by atoms with Crippen LogP contribution in [0.2, 0.25) is 0 Å². The molecule has 0 unspecified atom stereocenters. The second-order valence-corrected chi connectivity index (χ2v) is 6.96. The molecule has 0 bridgehead atoms. The summed E-state index contributed by atoms with van der Waals surface area (Å²) in [5.74, 6) is 0. The van der Waals surface area contributed by atoms with Crippen LogP contribution in [0.4, 0.5) is 4.79 Å². The van der Waals surface area contributed by atoms with E-state index in [1.54, 1.807) is 4.90 Å². The highest BCUT2D eigenvalue weighted by Crippen LogP contribution is 2.34. The molecule has 25 heavy (non-hydrogen) atoms. The first-order valence-electron chi connectivity index (χ1n) is 8.50. The maximum Gasteiger partial charge on any atom is 0.419 e. The maximum atomic E-state index is 13.0. The van der Waals surface area contributed by atoms with E-state index in [1.807, 2.05) is 81.4 Å². The molecule has 0 aliphatic carbocycles. The molecular formula is C22H23NO2. The Labute approximate surface area is 149 Å². The predicted molar refractivity (Wildman–Crippen MR) is 102 cm³/mol. The third kappa shape index (κ3) is 4.00. The normalized spacial score (nSPS) is 14.6. The highest BCUT2D eigenvalue weighted by atomic mass is 16.6. The van der Waals surface area contributed by atoms with Crippen molar-refractivity contribution in [2.24, 2.45) is 0 Å². The van der Waals surface area contributed by atoms with Crippen LogP contribution in [0, 0.1) is 0 Å².